The number of carbonyl (C=O) groups is 1. The molecule has 128 valence electrons. The van der Waals surface area contributed by atoms with Crippen LogP contribution in [0.5, 0.6) is 5.88 Å². The predicted molar refractivity (Wildman–Crippen MR) is 90.1 cm³/mol. The van der Waals surface area contributed by atoms with Crippen LogP contribution in [0.15, 0.2) is 33.2 Å². The van der Waals surface area contributed by atoms with Gasteiger partial charge < -0.3 is 10.2 Å². The third kappa shape index (κ3) is 3.79. The summed E-state index contributed by atoms with van der Waals surface area (Å²) in [5.41, 5.74) is -1.06. The number of aliphatic carboxylic acids is 1. The molecule has 2 rings (SSSR count). The molecule has 0 spiro atoms. The Morgan fingerprint density at radius 1 is 1.32 bits per heavy atom. The number of benzene rings is 1. The summed E-state index contributed by atoms with van der Waals surface area (Å²) in [6.07, 6.45) is 0. The van der Waals surface area contributed by atoms with E-state index >= 15 is 0 Å². The summed E-state index contributed by atoms with van der Waals surface area (Å²) in [5.74, 6) is -2.06. The number of aromatic nitrogens is 1. The van der Waals surface area contributed by atoms with Crippen LogP contribution in [0.3, 0.4) is 0 Å². The Bertz CT molecular complexity index is 992. The minimum absolute atomic E-state index is 0.0791. The van der Waals surface area contributed by atoms with Crippen LogP contribution < -0.4 is 5.56 Å². The zero-order chi connectivity index (χ0) is 18.7. The maximum Gasteiger partial charge on any atom is 0.323 e. The Balaban J connectivity index is 2.62. The molecule has 25 heavy (non-hydrogen) atoms. The van der Waals surface area contributed by atoms with Crippen molar-refractivity contribution in [1.29, 1.82) is 5.26 Å². The normalized spacial score (nSPS) is 10.8. The molecule has 1 aromatic heterocycles. The molecule has 0 aliphatic heterocycles. The molecule has 0 unspecified atom stereocenters. The molecule has 0 atom stereocenters. The van der Waals surface area contributed by atoms with Gasteiger partial charge in [-0.2, -0.15) is 10.4 Å². The molecule has 0 aliphatic rings. The van der Waals surface area contributed by atoms with E-state index in [1.54, 1.807) is 6.07 Å². The van der Waals surface area contributed by atoms with Crippen molar-refractivity contribution in [3.05, 3.63) is 49.7 Å². The first kappa shape index (κ1) is 18.4. The number of carboxylic acids is 1. The summed E-state index contributed by atoms with van der Waals surface area (Å²) in [6, 6.07) is 6.12. The van der Waals surface area contributed by atoms with Gasteiger partial charge in [-0.15, -0.1) is 5.11 Å². The molecule has 0 saturated heterocycles. The van der Waals surface area contributed by atoms with Crippen molar-refractivity contribution in [2.24, 2.45) is 10.2 Å². The number of rotatable bonds is 4. The monoisotopic (exact) mass is 380 g/mol. The molecule has 0 fully saturated rings. The van der Waals surface area contributed by atoms with Gasteiger partial charge in [-0.3, -0.25) is 14.2 Å². The number of carboxylic acid groups (broad SMARTS) is 1. The number of hydrogen-bond donors (Lipinski definition) is 2. The molecule has 0 amide bonds. The summed E-state index contributed by atoms with van der Waals surface area (Å²) in [4.78, 5) is 23.0. The van der Waals surface area contributed by atoms with Crippen LogP contribution in [0.25, 0.3) is 0 Å². The van der Waals surface area contributed by atoms with Gasteiger partial charge in [0.1, 0.15) is 18.2 Å². The van der Waals surface area contributed by atoms with E-state index in [0.29, 0.717) is 15.3 Å². The van der Waals surface area contributed by atoms with Crippen molar-refractivity contribution < 1.29 is 15.0 Å². The number of hydrogen-bond acceptors (Lipinski definition) is 6. The van der Waals surface area contributed by atoms with E-state index in [0.717, 1.165) is 0 Å². The average molecular weight is 381 g/mol. The van der Waals surface area contributed by atoms with Crippen LogP contribution in [0, 0.1) is 18.3 Å². The zero-order valence-electron chi connectivity index (χ0n) is 12.7. The van der Waals surface area contributed by atoms with Crippen molar-refractivity contribution in [2.75, 3.05) is 0 Å². The second kappa shape index (κ2) is 7.34. The van der Waals surface area contributed by atoms with Crippen molar-refractivity contribution in [1.82, 2.24) is 4.57 Å². The van der Waals surface area contributed by atoms with E-state index in [9.17, 15) is 14.7 Å². The highest BCUT2D eigenvalue weighted by Gasteiger charge is 2.20. The van der Waals surface area contributed by atoms with Gasteiger partial charge in [-0.1, -0.05) is 23.2 Å². The third-order valence-electron chi connectivity index (χ3n) is 3.23. The van der Waals surface area contributed by atoms with E-state index in [2.05, 4.69) is 10.2 Å². The first-order valence-corrected chi connectivity index (χ1v) is 7.47. The molecular weight excluding hydrogens is 371 g/mol. The Kier molecular flexibility index (Phi) is 5.41. The van der Waals surface area contributed by atoms with Gasteiger partial charge in [-0.05, 0) is 25.1 Å². The highest BCUT2D eigenvalue weighted by molar-refractivity contribution is 6.42. The van der Waals surface area contributed by atoms with Gasteiger partial charge >= 0.3 is 5.97 Å². The lowest BCUT2D eigenvalue weighted by Gasteiger charge is -2.11. The fraction of sp³-hybridized carbons (Fsp3) is 0.133. The van der Waals surface area contributed by atoms with Gasteiger partial charge in [0.2, 0.25) is 5.88 Å². The zero-order valence-corrected chi connectivity index (χ0v) is 14.2. The topological polar surface area (TPSA) is 128 Å². The Labute approximate surface area is 151 Å². The summed E-state index contributed by atoms with van der Waals surface area (Å²) >= 11 is 11.7. The van der Waals surface area contributed by atoms with E-state index in [-0.39, 0.29) is 21.8 Å². The van der Waals surface area contributed by atoms with E-state index in [4.69, 9.17) is 33.6 Å². The number of pyridine rings is 1. The fourth-order valence-electron chi connectivity index (χ4n) is 1.99. The second-order valence-electron chi connectivity index (χ2n) is 4.87. The highest BCUT2D eigenvalue weighted by atomic mass is 35.5. The molecule has 2 N–H and O–H groups in total. The summed E-state index contributed by atoms with van der Waals surface area (Å²) in [7, 11) is 0. The minimum Gasteiger partial charge on any atom is -0.493 e. The molecule has 2 aromatic rings. The first-order chi connectivity index (χ1) is 11.8. The predicted octanol–water partition coefficient (Wildman–Crippen LogP) is 3.54. The van der Waals surface area contributed by atoms with Crippen molar-refractivity contribution >= 4 is 40.5 Å². The molecule has 8 nitrogen and oxygen atoms in total. The summed E-state index contributed by atoms with van der Waals surface area (Å²) in [6.45, 7) is 0.572. The lowest BCUT2D eigenvalue weighted by molar-refractivity contribution is -0.137. The van der Waals surface area contributed by atoms with Crippen LogP contribution in [0.2, 0.25) is 10.0 Å². The van der Waals surface area contributed by atoms with E-state index < -0.39 is 24.0 Å². The number of aromatic hydroxyl groups is 1. The average Bonchev–Trinajstić information content (AvgIpc) is 2.55. The van der Waals surface area contributed by atoms with E-state index in [1.165, 1.54) is 25.1 Å². The van der Waals surface area contributed by atoms with Crippen LogP contribution in [0.1, 0.15) is 11.1 Å². The molecule has 1 heterocycles. The molecule has 0 radical (unpaired) electrons. The maximum atomic E-state index is 12.1. The van der Waals surface area contributed by atoms with Gasteiger partial charge in [0, 0.05) is 5.56 Å². The summed E-state index contributed by atoms with van der Waals surface area (Å²) in [5, 5.41) is 36.5. The largest absolute Gasteiger partial charge is 0.493 e. The van der Waals surface area contributed by atoms with Gasteiger partial charge in [0.15, 0.2) is 5.69 Å². The number of nitrogens with zero attached hydrogens (tertiary/aromatic N) is 4. The Morgan fingerprint density at radius 2 is 2.00 bits per heavy atom. The quantitative estimate of drug-likeness (QED) is 0.783. The minimum atomic E-state index is -1.36. The first-order valence-electron chi connectivity index (χ1n) is 6.71. The molecule has 1 aromatic carbocycles. The molecule has 0 saturated carbocycles. The summed E-state index contributed by atoms with van der Waals surface area (Å²) < 4.78 is 0.539. The second-order valence-corrected chi connectivity index (χ2v) is 5.68. The Hall–Kier alpha value is -2.89. The van der Waals surface area contributed by atoms with E-state index in [1.807, 2.05) is 0 Å². The van der Waals surface area contributed by atoms with Gasteiger partial charge in [0.05, 0.1) is 15.7 Å². The Morgan fingerprint density at radius 3 is 2.56 bits per heavy atom. The molecule has 10 heteroatoms. The smallest absolute Gasteiger partial charge is 0.323 e. The SMILES string of the molecule is Cc1c(N=Nc2ccc(Cl)c(Cl)c2)c(O)n(CC(=O)O)c(=O)c1C#N. The standard InChI is InChI=1S/C15H10Cl2N4O4/c1-7-9(5-18)14(24)21(6-12(22)23)15(25)13(7)20-19-8-2-3-10(16)11(17)4-8/h2-4,25H,6H2,1H3,(H,22,23). The molecule has 0 bridgehead atoms. The van der Waals surface area contributed by atoms with Crippen LogP contribution in [0.4, 0.5) is 11.4 Å². The van der Waals surface area contributed by atoms with Crippen LogP contribution in [-0.2, 0) is 11.3 Å². The van der Waals surface area contributed by atoms with Gasteiger partial charge in [-0.25, -0.2) is 0 Å². The number of halogens is 2. The van der Waals surface area contributed by atoms with Crippen molar-refractivity contribution in [3.63, 3.8) is 0 Å². The number of azo groups is 1. The van der Waals surface area contributed by atoms with Crippen molar-refractivity contribution in [3.8, 4) is 11.9 Å². The maximum absolute atomic E-state index is 12.1. The van der Waals surface area contributed by atoms with Crippen LogP contribution >= 0.6 is 23.2 Å². The fourth-order valence-corrected chi connectivity index (χ4v) is 2.29. The number of nitriles is 1. The third-order valence-corrected chi connectivity index (χ3v) is 3.97. The van der Waals surface area contributed by atoms with Gasteiger partial charge in [0.25, 0.3) is 5.56 Å². The molecule has 0 aliphatic carbocycles. The van der Waals surface area contributed by atoms with Crippen LogP contribution in [-0.4, -0.2) is 20.7 Å². The molecular formula is C15H10Cl2N4O4. The van der Waals surface area contributed by atoms with Crippen molar-refractivity contribution in [2.45, 2.75) is 13.5 Å². The lowest BCUT2D eigenvalue weighted by Crippen LogP contribution is -2.27. The highest BCUT2D eigenvalue weighted by Crippen LogP contribution is 2.33. The lowest BCUT2D eigenvalue weighted by atomic mass is 10.1.